The van der Waals surface area contributed by atoms with Gasteiger partial charge in [0, 0.05) is 24.5 Å². The molecule has 0 spiro atoms. The molecule has 2 amide bonds. The predicted octanol–water partition coefficient (Wildman–Crippen LogP) is 4.01. The zero-order valence-corrected chi connectivity index (χ0v) is 16.8. The SMILES string of the molecule is O=C(NCc1ccccc1)c1ccccc1NCC(=O)N1CCCc2ccccc21. The summed E-state index contributed by atoms with van der Waals surface area (Å²) in [5.74, 6) is -0.167. The van der Waals surface area contributed by atoms with Crippen LogP contribution in [0.15, 0.2) is 78.9 Å². The Balaban J connectivity index is 1.41. The number of fused-ring (bicyclic) bond motifs is 1. The fourth-order valence-corrected chi connectivity index (χ4v) is 3.77. The Kier molecular flexibility index (Phi) is 6.09. The first-order valence-electron chi connectivity index (χ1n) is 10.3. The van der Waals surface area contributed by atoms with Crippen molar-refractivity contribution >= 4 is 23.2 Å². The Morgan fingerprint density at radius 3 is 2.47 bits per heavy atom. The lowest BCUT2D eigenvalue weighted by molar-refractivity contribution is -0.117. The molecule has 0 radical (unpaired) electrons. The molecule has 0 aromatic heterocycles. The summed E-state index contributed by atoms with van der Waals surface area (Å²) in [6.45, 7) is 1.31. The maximum Gasteiger partial charge on any atom is 0.253 e. The van der Waals surface area contributed by atoms with Gasteiger partial charge in [-0.3, -0.25) is 9.59 Å². The number of rotatable bonds is 6. The van der Waals surface area contributed by atoms with Crippen LogP contribution in [0, 0.1) is 0 Å². The van der Waals surface area contributed by atoms with Gasteiger partial charge in [-0.05, 0) is 42.2 Å². The van der Waals surface area contributed by atoms with Gasteiger partial charge < -0.3 is 15.5 Å². The molecule has 0 saturated heterocycles. The van der Waals surface area contributed by atoms with Gasteiger partial charge in [0.1, 0.15) is 0 Å². The first kappa shape index (κ1) is 19.7. The molecule has 0 aliphatic carbocycles. The second kappa shape index (κ2) is 9.27. The van der Waals surface area contributed by atoms with E-state index in [-0.39, 0.29) is 18.4 Å². The van der Waals surface area contributed by atoms with Crippen molar-refractivity contribution in [2.75, 3.05) is 23.3 Å². The van der Waals surface area contributed by atoms with Crippen LogP contribution >= 0.6 is 0 Å². The molecule has 0 fully saturated rings. The van der Waals surface area contributed by atoms with Crippen LogP contribution in [0.5, 0.6) is 0 Å². The van der Waals surface area contributed by atoms with E-state index < -0.39 is 0 Å². The van der Waals surface area contributed by atoms with Gasteiger partial charge in [-0.2, -0.15) is 0 Å². The molecule has 1 aliphatic heterocycles. The molecule has 0 saturated carbocycles. The number of carbonyl (C=O) groups is 2. The van der Waals surface area contributed by atoms with Gasteiger partial charge in [0.05, 0.1) is 12.1 Å². The smallest absolute Gasteiger partial charge is 0.253 e. The summed E-state index contributed by atoms with van der Waals surface area (Å²) in [5.41, 5.74) is 4.42. The number of nitrogens with one attached hydrogen (secondary N) is 2. The third-order valence-electron chi connectivity index (χ3n) is 5.31. The minimum Gasteiger partial charge on any atom is -0.375 e. The molecule has 5 heteroatoms. The van der Waals surface area contributed by atoms with Gasteiger partial charge in [-0.1, -0.05) is 60.7 Å². The Bertz CT molecular complexity index is 1030. The lowest BCUT2D eigenvalue weighted by Crippen LogP contribution is -2.39. The molecule has 0 atom stereocenters. The van der Waals surface area contributed by atoms with E-state index >= 15 is 0 Å². The maximum absolute atomic E-state index is 12.9. The normalized spacial score (nSPS) is 12.7. The minimum absolute atomic E-state index is 0.00152. The second-order valence-electron chi connectivity index (χ2n) is 7.35. The summed E-state index contributed by atoms with van der Waals surface area (Å²) in [7, 11) is 0. The number of aryl methyl sites for hydroxylation is 1. The lowest BCUT2D eigenvalue weighted by Gasteiger charge is -2.29. The summed E-state index contributed by atoms with van der Waals surface area (Å²) < 4.78 is 0. The average molecular weight is 399 g/mol. The topological polar surface area (TPSA) is 61.4 Å². The molecule has 5 nitrogen and oxygen atoms in total. The van der Waals surface area contributed by atoms with E-state index in [9.17, 15) is 9.59 Å². The molecule has 3 aromatic carbocycles. The Morgan fingerprint density at radius 1 is 0.867 bits per heavy atom. The van der Waals surface area contributed by atoms with Crippen LogP contribution in [0.25, 0.3) is 0 Å². The van der Waals surface area contributed by atoms with Crippen LogP contribution in [0.2, 0.25) is 0 Å². The van der Waals surface area contributed by atoms with Crippen LogP contribution < -0.4 is 15.5 Å². The molecule has 0 bridgehead atoms. The molecular formula is C25H25N3O2. The molecule has 1 aliphatic rings. The molecule has 30 heavy (non-hydrogen) atoms. The number of amides is 2. The first-order chi connectivity index (χ1) is 14.7. The highest BCUT2D eigenvalue weighted by Gasteiger charge is 2.22. The van der Waals surface area contributed by atoms with E-state index in [1.54, 1.807) is 6.07 Å². The first-order valence-corrected chi connectivity index (χ1v) is 10.3. The second-order valence-corrected chi connectivity index (χ2v) is 7.35. The van der Waals surface area contributed by atoms with Gasteiger partial charge >= 0.3 is 0 Å². The quantitative estimate of drug-likeness (QED) is 0.658. The fourth-order valence-electron chi connectivity index (χ4n) is 3.77. The van der Waals surface area contributed by atoms with Crippen LogP contribution in [0.4, 0.5) is 11.4 Å². The highest BCUT2D eigenvalue weighted by Crippen LogP contribution is 2.26. The van der Waals surface area contributed by atoms with Crippen molar-refractivity contribution in [2.24, 2.45) is 0 Å². The van der Waals surface area contributed by atoms with Gasteiger partial charge in [0.15, 0.2) is 0 Å². The van der Waals surface area contributed by atoms with E-state index in [0.717, 1.165) is 30.6 Å². The number of anilines is 2. The van der Waals surface area contributed by atoms with E-state index in [1.807, 2.05) is 71.6 Å². The number of para-hydroxylation sites is 2. The van der Waals surface area contributed by atoms with E-state index in [0.29, 0.717) is 17.8 Å². The third-order valence-corrected chi connectivity index (χ3v) is 5.31. The lowest BCUT2D eigenvalue weighted by atomic mass is 10.0. The van der Waals surface area contributed by atoms with Crippen LogP contribution in [0.1, 0.15) is 27.9 Å². The van der Waals surface area contributed by atoms with E-state index in [2.05, 4.69) is 16.7 Å². The summed E-state index contributed by atoms with van der Waals surface area (Å²) in [5, 5.41) is 6.11. The molecule has 0 unspecified atom stereocenters. The summed E-state index contributed by atoms with van der Waals surface area (Å²) in [4.78, 5) is 27.4. The van der Waals surface area contributed by atoms with Crippen LogP contribution in [-0.4, -0.2) is 24.9 Å². The monoisotopic (exact) mass is 399 g/mol. The van der Waals surface area contributed by atoms with E-state index in [1.165, 1.54) is 5.56 Å². The van der Waals surface area contributed by atoms with Gasteiger partial charge in [-0.15, -0.1) is 0 Å². The minimum atomic E-state index is -0.169. The maximum atomic E-state index is 12.9. The zero-order valence-electron chi connectivity index (χ0n) is 16.8. The molecule has 152 valence electrons. The van der Waals surface area contributed by atoms with Crippen molar-refractivity contribution in [1.29, 1.82) is 0 Å². The summed E-state index contributed by atoms with van der Waals surface area (Å²) >= 11 is 0. The van der Waals surface area contributed by atoms with Crippen molar-refractivity contribution in [3.8, 4) is 0 Å². The Morgan fingerprint density at radius 2 is 1.60 bits per heavy atom. The van der Waals surface area contributed by atoms with Crippen molar-refractivity contribution in [1.82, 2.24) is 5.32 Å². The number of hydrogen-bond donors (Lipinski definition) is 2. The molecular weight excluding hydrogens is 374 g/mol. The third kappa shape index (κ3) is 4.51. The van der Waals surface area contributed by atoms with Crippen molar-refractivity contribution in [3.63, 3.8) is 0 Å². The fraction of sp³-hybridized carbons (Fsp3) is 0.200. The number of carbonyl (C=O) groups excluding carboxylic acids is 2. The molecule has 3 aromatic rings. The zero-order chi connectivity index (χ0) is 20.8. The van der Waals surface area contributed by atoms with Gasteiger partial charge in [-0.25, -0.2) is 0 Å². The predicted molar refractivity (Wildman–Crippen MR) is 120 cm³/mol. The average Bonchev–Trinajstić information content (AvgIpc) is 2.81. The Labute approximate surface area is 176 Å². The summed E-state index contributed by atoms with van der Waals surface area (Å²) in [6.07, 6.45) is 1.96. The van der Waals surface area contributed by atoms with Crippen LogP contribution in [-0.2, 0) is 17.8 Å². The molecule has 1 heterocycles. The highest BCUT2D eigenvalue weighted by atomic mass is 16.2. The highest BCUT2D eigenvalue weighted by molar-refractivity contribution is 6.01. The van der Waals surface area contributed by atoms with Gasteiger partial charge in [0.2, 0.25) is 5.91 Å². The number of nitrogens with zero attached hydrogens (tertiary/aromatic N) is 1. The van der Waals surface area contributed by atoms with Crippen LogP contribution in [0.3, 0.4) is 0 Å². The largest absolute Gasteiger partial charge is 0.375 e. The van der Waals surface area contributed by atoms with E-state index in [4.69, 9.17) is 0 Å². The van der Waals surface area contributed by atoms with Crippen molar-refractivity contribution < 1.29 is 9.59 Å². The number of hydrogen-bond acceptors (Lipinski definition) is 3. The standard InChI is InChI=1S/C25H25N3O2/c29-24(28-16-8-12-20-11-4-7-15-23(20)28)18-26-22-14-6-5-13-21(22)25(30)27-17-19-9-2-1-3-10-19/h1-7,9-11,13-15,26H,8,12,16-18H2,(H,27,30). The molecule has 4 rings (SSSR count). The molecule has 2 N–H and O–H groups in total. The Hall–Kier alpha value is -3.60. The van der Waals surface area contributed by atoms with Gasteiger partial charge in [0.25, 0.3) is 5.91 Å². The summed E-state index contributed by atoms with van der Waals surface area (Å²) in [6, 6.07) is 25.1. The van der Waals surface area contributed by atoms with Crippen molar-refractivity contribution in [3.05, 3.63) is 95.6 Å². The van der Waals surface area contributed by atoms with Crippen molar-refractivity contribution in [2.45, 2.75) is 19.4 Å². The number of benzene rings is 3.